The van der Waals surface area contributed by atoms with Crippen molar-refractivity contribution in [1.29, 1.82) is 0 Å². The number of anilines is 2. The molecule has 3 N–H and O–H groups in total. The minimum Gasteiger partial charge on any atom is -0.397 e. The van der Waals surface area contributed by atoms with Crippen molar-refractivity contribution >= 4 is 23.1 Å². The van der Waals surface area contributed by atoms with Crippen LogP contribution in [-0.2, 0) is 13.1 Å². The van der Waals surface area contributed by atoms with Gasteiger partial charge < -0.3 is 15.6 Å². The summed E-state index contributed by atoms with van der Waals surface area (Å²) in [5.41, 5.74) is 6.10. The monoisotopic (exact) mass is 252 g/mol. The quantitative estimate of drug-likeness (QED) is 0.863. The molecule has 0 atom stereocenters. The van der Waals surface area contributed by atoms with Gasteiger partial charge in [0, 0.05) is 6.54 Å². The van der Waals surface area contributed by atoms with Crippen molar-refractivity contribution in [3.8, 4) is 0 Å². The van der Waals surface area contributed by atoms with Crippen LogP contribution in [0.15, 0.2) is 18.6 Å². The van der Waals surface area contributed by atoms with E-state index in [2.05, 4.69) is 20.5 Å². The summed E-state index contributed by atoms with van der Waals surface area (Å²) in [6.45, 7) is 3.37. The molecule has 0 radical (unpaired) electrons. The number of pyridine rings is 1. The molecule has 2 aromatic heterocycles. The molecular formula is C10H13ClN6. The number of nitrogen functional groups attached to an aromatic ring is 1. The fraction of sp³-hybridized carbons (Fsp3) is 0.300. The van der Waals surface area contributed by atoms with Crippen LogP contribution >= 0.6 is 11.6 Å². The van der Waals surface area contributed by atoms with Crippen LogP contribution in [0.4, 0.5) is 11.5 Å². The number of nitrogens with two attached hydrogens (primary N) is 1. The van der Waals surface area contributed by atoms with Crippen LogP contribution in [0.5, 0.6) is 0 Å². The fourth-order valence-corrected chi connectivity index (χ4v) is 1.67. The Balaban J connectivity index is 2.07. The van der Waals surface area contributed by atoms with E-state index in [9.17, 15) is 0 Å². The van der Waals surface area contributed by atoms with Gasteiger partial charge in [0.05, 0.1) is 23.5 Å². The molecule has 0 saturated carbocycles. The lowest BCUT2D eigenvalue weighted by Gasteiger charge is -2.08. The van der Waals surface area contributed by atoms with Gasteiger partial charge in [-0.1, -0.05) is 11.6 Å². The van der Waals surface area contributed by atoms with E-state index in [-0.39, 0.29) is 0 Å². The molecule has 0 aromatic carbocycles. The van der Waals surface area contributed by atoms with Crippen molar-refractivity contribution in [3.05, 3.63) is 29.4 Å². The minimum absolute atomic E-state index is 0.493. The first kappa shape index (κ1) is 11.7. The summed E-state index contributed by atoms with van der Waals surface area (Å²) in [6.07, 6.45) is 3.24. The van der Waals surface area contributed by atoms with Gasteiger partial charge in [0.25, 0.3) is 0 Å². The van der Waals surface area contributed by atoms with Gasteiger partial charge in [-0.2, -0.15) is 0 Å². The second kappa shape index (κ2) is 5.01. The predicted molar refractivity (Wildman–Crippen MR) is 66.7 cm³/mol. The summed E-state index contributed by atoms with van der Waals surface area (Å²) in [6, 6.07) is 1.65. The van der Waals surface area contributed by atoms with Crippen molar-refractivity contribution < 1.29 is 0 Å². The maximum absolute atomic E-state index is 6.00. The highest BCUT2D eigenvalue weighted by molar-refractivity contribution is 6.33. The lowest BCUT2D eigenvalue weighted by Crippen LogP contribution is -2.08. The highest BCUT2D eigenvalue weighted by Gasteiger charge is 2.05. The number of aromatic nitrogens is 4. The van der Waals surface area contributed by atoms with Gasteiger partial charge in [0.15, 0.2) is 5.82 Å². The first-order valence-electron chi connectivity index (χ1n) is 5.22. The summed E-state index contributed by atoms with van der Waals surface area (Å²) in [5, 5.41) is 11.4. The number of rotatable bonds is 4. The fourth-order valence-electron chi connectivity index (χ4n) is 1.43. The molecule has 0 aliphatic rings. The minimum atomic E-state index is 0.493. The Morgan fingerprint density at radius 3 is 3.06 bits per heavy atom. The largest absolute Gasteiger partial charge is 0.397 e. The smallest absolute Gasteiger partial charge is 0.152 e. The zero-order valence-electron chi connectivity index (χ0n) is 9.39. The Morgan fingerprint density at radius 1 is 1.53 bits per heavy atom. The molecule has 0 unspecified atom stereocenters. The highest BCUT2D eigenvalue weighted by Crippen LogP contribution is 2.21. The third-order valence-corrected chi connectivity index (χ3v) is 2.60. The summed E-state index contributed by atoms with van der Waals surface area (Å²) in [7, 11) is 0. The zero-order valence-corrected chi connectivity index (χ0v) is 10.1. The number of nitrogens with one attached hydrogen (secondary N) is 1. The first-order valence-corrected chi connectivity index (χ1v) is 5.60. The lowest BCUT2D eigenvalue weighted by molar-refractivity contribution is 0.707. The van der Waals surface area contributed by atoms with E-state index in [1.807, 2.05) is 11.5 Å². The molecule has 0 aliphatic heterocycles. The molecule has 6 nitrogen and oxygen atoms in total. The molecule has 0 fully saturated rings. The second-order valence-corrected chi connectivity index (χ2v) is 3.89. The van der Waals surface area contributed by atoms with Crippen LogP contribution in [0, 0.1) is 0 Å². The summed E-state index contributed by atoms with van der Waals surface area (Å²) < 4.78 is 1.94. The van der Waals surface area contributed by atoms with Crippen LogP contribution in [0.2, 0.25) is 5.02 Å². The van der Waals surface area contributed by atoms with Crippen LogP contribution in [-0.4, -0.2) is 19.7 Å². The van der Waals surface area contributed by atoms with Gasteiger partial charge in [-0.15, -0.1) is 10.2 Å². The molecule has 0 saturated heterocycles. The second-order valence-electron chi connectivity index (χ2n) is 3.49. The number of nitrogens with zero attached hydrogens (tertiary/aromatic N) is 4. The van der Waals surface area contributed by atoms with Gasteiger partial charge in [-0.05, 0) is 13.0 Å². The Kier molecular flexibility index (Phi) is 3.43. The molecule has 2 heterocycles. The average Bonchev–Trinajstić information content (AvgIpc) is 2.75. The van der Waals surface area contributed by atoms with E-state index >= 15 is 0 Å². The van der Waals surface area contributed by atoms with Crippen LogP contribution in [0.1, 0.15) is 12.7 Å². The van der Waals surface area contributed by atoms with Gasteiger partial charge in [0.1, 0.15) is 12.1 Å². The van der Waals surface area contributed by atoms with E-state index in [4.69, 9.17) is 17.3 Å². The zero-order chi connectivity index (χ0) is 12.3. The van der Waals surface area contributed by atoms with Gasteiger partial charge >= 0.3 is 0 Å². The van der Waals surface area contributed by atoms with Crippen LogP contribution in [0.3, 0.4) is 0 Å². The van der Waals surface area contributed by atoms with E-state index < -0.39 is 0 Å². The van der Waals surface area contributed by atoms with E-state index in [1.54, 1.807) is 18.6 Å². The van der Waals surface area contributed by atoms with Crippen LogP contribution in [0.25, 0.3) is 0 Å². The SMILES string of the molecule is CCn1cnnc1CNc1ncc(N)cc1Cl. The Bertz CT molecular complexity index is 509. The molecule has 7 heteroatoms. The first-order chi connectivity index (χ1) is 8.20. The highest BCUT2D eigenvalue weighted by atomic mass is 35.5. The third-order valence-electron chi connectivity index (χ3n) is 2.31. The normalized spacial score (nSPS) is 10.5. The Hall–Kier alpha value is -1.82. The van der Waals surface area contributed by atoms with E-state index in [0.717, 1.165) is 12.4 Å². The molecular weight excluding hydrogens is 240 g/mol. The number of aryl methyl sites for hydroxylation is 1. The van der Waals surface area contributed by atoms with E-state index in [0.29, 0.717) is 23.1 Å². The summed E-state index contributed by atoms with van der Waals surface area (Å²) in [4.78, 5) is 4.11. The molecule has 0 spiro atoms. The summed E-state index contributed by atoms with van der Waals surface area (Å²) in [5.74, 6) is 1.42. The molecule has 0 aliphatic carbocycles. The van der Waals surface area contributed by atoms with Crippen molar-refractivity contribution in [2.24, 2.45) is 0 Å². The molecule has 0 amide bonds. The van der Waals surface area contributed by atoms with Gasteiger partial charge in [0.2, 0.25) is 0 Å². The number of halogens is 1. The maximum Gasteiger partial charge on any atom is 0.152 e. The molecule has 2 aromatic rings. The molecule has 2 rings (SSSR count). The third kappa shape index (κ3) is 2.65. The Labute approximate surface area is 104 Å². The average molecular weight is 253 g/mol. The van der Waals surface area contributed by atoms with Crippen LogP contribution < -0.4 is 11.1 Å². The predicted octanol–water partition coefficient (Wildman–Crippen LogP) is 1.54. The Morgan fingerprint density at radius 2 is 2.35 bits per heavy atom. The van der Waals surface area contributed by atoms with Gasteiger partial charge in [-0.25, -0.2) is 4.98 Å². The standard InChI is InChI=1S/C10H13ClN6/c1-2-17-6-15-16-9(17)5-14-10-8(11)3-7(12)4-13-10/h3-4,6H,2,5,12H2,1H3,(H,13,14). The van der Waals surface area contributed by atoms with E-state index in [1.165, 1.54) is 0 Å². The van der Waals surface area contributed by atoms with Gasteiger partial charge in [-0.3, -0.25) is 0 Å². The molecule has 90 valence electrons. The van der Waals surface area contributed by atoms with Crippen molar-refractivity contribution in [2.45, 2.75) is 20.0 Å². The molecule has 17 heavy (non-hydrogen) atoms. The topological polar surface area (TPSA) is 81.7 Å². The molecule has 0 bridgehead atoms. The maximum atomic E-state index is 6.00. The van der Waals surface area contributed by atoms with Crippen molar-refractivity contribution in [3.63, 3.8) is 0 Å². The van der Waals surface area contributed by atoms with Crippen molar-refractivity contribution in [1.82, 2.24) is 19.7 Å². The number of hydrogen-bond acceptors (Lipinski definition) is 5. The van der Waals surface area contributed by atoms with Crippen molar-refractivity contribution in [2.75, 3.05) is 11.1 Å². The number of hydrogen-bond donors (Lipinski definition) is 2. The summed E-state index contributed by atoms with van der Waals surface area (Å²) >= 11 is 6.00. The lowest BCUT2D eigenvalue weighted by atomic mass is 10.4.